The maximum Gasteiger partial charge on any atom is 0.274 e. The zero-order chi connectivity index (χ0) is 19.5. The van der Waals surface area contributed by atoms with E-state index in [0.29, 0.717) is 18.5 Å². The molecule has 2 aromatic carbocycles. The number of carbonyl (C=O) groups excluding carboxylic acids is 2. The summed E-state index contributed by atoms with van der Waals surface area (Å²) in [5, 5.41) is 11.9. The molecule has 1 aliphatic rings. The number of hydrogen-bond acceptors (Lipinski definition) is 5. The molecule has 0 aliphatic carbocycles. The summed E-state index contributed by atoms with van der Waals surface area (Å²) in [6, 6.07) is 14.0. The van der Waals surface area contributed by atoms with Crippen LogP contribution in [0.15, 0.2) is 67.3 Å². The summed E-state index contributed by atoms with van der Waals surface area (Å²) < 4.78 is 1.90. The molecule has 8 nitrogen and oxygen atoms in total. The van der Waals surface area contributed by atoms with E-state index in [1.165, 1.54) is 0 Å². The summed E-state index contributed by atoms with van der Waals surface area (Å²) in [6.07, 6.45) is 5.99. The van der Waals surface area contributed by atoms with Gasteiger partial charge < -0.3 is 14.8 Å². The lowest BCUT2D eigenvalue weighted by atomic mass is 10.1. The Balaban J connectivity index is 1.42. The van der Waals surface area contributed by atoms with Gasteiger partial charge in [0, 0.05) is 41.6 Å². The first kappa shape index (κ1) is 17.7. The van der Waals surface area contributed by atoms with Gasteiger partial charge in [-0.1, -0.05) is 0 Å². The monoisotopic (exact) mass is 377 g/mol. The Labute approximate surface area is 161 Å². The summed E-state index contributed by atoms with van der Waals surface area (Å²) in [5.74, 6) is -0.568. The minimum Gasteiger partial charge on any atom is -0.374 e. The Bertz CT molecular complexity index is 968. The lowest BCUT2D eigenvalue weighted by Gasteiger charge is -2.18. The summed E-state index contributed by atoms with van der Waals surface area (Å²) >= 11 is 0. The van der Waals surface area contributed by atoms with Crippen LogP contribution in [-0.4, -0.2) is 39.2 Å². The van der Waals surface area contributed by atoms with Crippen molar-refractivity contribution in [1.29, 1.82) is 0 Å². The Hall–Kier alpha value is -3.65. The fraction of sp³-hybridized carbons (Fsp3) is 0.150. The van der Waals surface area contributed by atoms with Gasteiger partial charge in [0.05, 0.1) is 6.33 Å². The third kappa shape index (κ3) is 3.45. The van der Waals surface area contributed by atoms with Gasteiger partial charge in [0.15, 0.2) is 0 Å². The van der Waals surface area contributed by atoms with Crippen LogP contribution in [0, 0.1) is 0 Å². The highest BCUT2D eigenvalue weighted by Crippen LogP contribution is 2.25. The molecule has 2 heterocycles. The topological polar surface area (TPSA) is 99.5 Å². The second-order valence-corrected chi connectivity index (χ2v) is 6.48. The summed E-state index contributed by atoms with van der Waals surface area (Å²) in [6.45, 7) is 0.631. The van der Waals surface area contributed by atoms with Gasteiger partial charge in [-0.2, -0.15) is 0 Å². The molecule has 0 saturated carbocycles. The van der Waals surface area contributed by atoms with Gasteiger partial charge in [-0.05, 0) is 55.0 Å². The smallest absolute Gasteiger partial charge is 0.274 e. The Morgan fingerprint density at radius 1 is 1.07 bits per heavy atom. The van der Waals surface area contributed by atoms with E-state index in [-0.39, 0.29) is 11.9 Å². The lowest BCUT2D eigenvalue weighted by molar-refractivity contribution is -0.117. The summed E-state index contributed by atoms with van der Waals surface area (Å²) in [7, 11) is 0. The normalized spacial score (nSPS) is 16.2. The molecular formula is C20H19N5O3. The van der Waals surface area contributed by atoms with Crippen molar-refractivity contribution in [3.8, 4) is 5.69 Å². The zero-order valence-electron chi connectivity index (χ0n) is 14.9. The van der Waals surface area contributed by atoms with Crippen molar-refractivity contribution in [2.24, 2.45) is 0 Å². The first-order valence-electron chi connectivity index (χ1n) is 8.86. The van der Waals surface area contributed by atoms with Gasteiger partial charge in [0.2, 0.25) is 5.91 Å². The maximum atomic E-state index is 12.8. The molecule has 1 aromatic heterocycles. The van der Waals surface area contributed by atoms with Crippen LogP contribution >= 0.6 is 0 Å². The van der Waals surface area contributed by atoms with Crippen molar-refractivity contribution >= 4 is 23.2 Å². The molecular weight excluding hydrogens is 358 g/mol. The Kier molecular flexibility index (Phi) is 4.77. The van der Waals surface area contributed by atoms with Crippen LogP contribution in [0.5, 0.6) is 0 Å². The molecule has 142 valence electrons. The van der Waals surface area contributed by atoms with Crippen LogP contribution < -0.4 is 15.7 Å². The molecule has 28 heavy (non-hydrogen) atoms. The quantitative estimate of drug-likeness (QED) is 0.468. The van der Waals surface area contributed by atoms with Gasteiger partial charge in [0.1, 0.15) is 6.04 Å². The fourth-order valence-corrected chi connectivity index (χ4v) is 3.27. The third-order valence-electron chi connectivity index (χ3n) is 4.76. The van der Waals surface area contributed by atoms with Crippen LogP contribution in [0.4, 0.5) is 11.4 Å². The van der Waals surface area contributed by atoms with E-state index in [2.05, 4.69) is 10.3 Å². The minimum absolute atomic E-state index is 0.00700. The number of aromatic nitrogens is 2. The second kappa shape index (κ2) is 7.53. The van der Waals surface area contributed by atoms with Crippen molar-refractivity contribution in [2.75, 3.05) is 16.8 Å². The van der Waals surface area contributed by atoms with Crippen LogP contribution in [0.2, 0.25) is 0 Å². The number of nitrogens with zero attached hydrogens (tertiary/aromatic N) is 3. The van der Waals surface area contributed by atoms with E-state index < -0.39 is 5.91 Å². The zero-order valence-corrected chi connectivity index (χ0v) is 14.9. The molecule has 1 aliphatic heterocycles. The molecule has 4 rings (SSSR count). The van der Waals surface area contributed by atoms with Crippen molar-refractivity contribution < 1.29 is 14.8 Å². The average molecular weight is 377 g/mol. The molecule has 0 spiro atoms. The number of hydrogen-bond donors (Lipinski definition) is 3. The standard InChI is InChI=1S/C20H19N5O3/c26-19(23-28)14-1-3-15(4-2-14)22-18-9-11-25(20(18)27)17-7-5-16(6-8-17)24-12-10-21-13-24/h1-8,10,12-13,18,22,28H,9,11H2,(H,23,26). The number of anilines is 2. The van der Waals surface area contributed by atoms with Crippen molar-refractivity contribution in [3.63, 3.8) is 0 Å². The number of hydroxylamine groups is 1. The predicted molar refractivity (Wildman–Crippen MR) is 104 cm³/mol. The SMILES string of the molecule is O=C(NO)c1ccc(NC2CCN(c3ccc(-n4ccnc4)cc3)C2=O)cc1. The highest BCUT2D eigenvalue weighted by molar-refractivity contribution is 6.01. The average Bonchev–Trinajstić information content (AvgIpc) is 3.39. The summed E-state index contributed by atoms with van der Waals surface area (Å²) in [4.78, 5) is 30.0. The number of nitrogens with one attached hydrogen (secondary N) is 2. The molecule has 1 fully saturated rings. The molecule has 1 atom stereocenters. The highest BCUT2D eigenvalue weighted by Gasteiger charge is 2.32. The summed E-state index contributed by atoms with van der Waals surface area (Å²) in [5.41, 5.74) is 4.51. The van der Waals surface area contributed by atoms with E-state index in [0.717, 1.165) is 17.1 Å². The van der Waals surface area contributed by atoms with Crippen molar-refractivity contribution in [1.82, 2.24) is 15.0 Å². The van der Waals surface area contributed by atoms with Gasteiger partial charge in [-0.25, -0.2) is 10.5 Å². The first-order valence-corrected chi connectivity index (χ1v) is 8.86. The van der Waals surface area contributed by atoms with E-state index in [1.54, 1.807) is 47.2 Å². The Morgan fingerprint density at radius 2 is 1.79 bits per heavy atom. The molecule has 3 N–H and O–H groups in total. The van der Waals surface area contributed by atoms with Crippen LogP contribution in [0.3, 0.4) is 0 Å². The number of benzene rings is 2. The van der Waals surface area contributed by atoms with Gasteiger partial charge >= 0.3 is 0 Å². The van der Waals surface area contributed by atoms with E-state index in [4.69, 9.17) is 5.21 Å². The molecule has 3 aromatic rings. The number of carbonyl (C=O) groups is 2. The largest absolute Gasteiger partial charge is 0.374 e. The van der Waals surface area contributed by atoms with E-state index in [1.807, 2.05) is 35.0 Å². The van der Waals surface area contributed by atoms with Crippen LogP contribution in [0.25, 0.3) is 5.69 Å². The molecule has 0 radical (unpaired) electrons. The van der Waals surface area contributed by atoms with Crippen molar-refractivity contribution in [3.05, 3.63) is 72.8 Å². The molecule has 1 unspecified atom stereocenters. The third-order valence-corrected chi connectivity index (χ3v) is 4.76. The van der Waals surface area contributed by atoms with Crippen LogP contribution in [-0.2, 0) is 4.79 Å². The lowest BCUT2D eigenvalue weighted by Crippen LogP contribution is -2.33. The highest BCUT2D eigenvalue weighted by atomic mass is 16.5. The second-order valence-electron chi connectivity index (χ2n) is 6.48. The number of amides is 2. The molecule has 2 amide bonds. The van der Waals surface area contributed by atoms with Gasteiger partial charge in [-0.3, -0.25) is 14.8 Å². The predicted octanol–water partition coefficient (Wildman–Crippen LogP) is 2.21. The van der Waals surface area contributed by atoms with Gasteiger partial charge in [-0.15, -0.1) is 0 Å². The fourth-order valence-electron chi connectivity index (χ4n) is 3.27. The molecule has 1 saturated heterocycles. The Morgan fingerprint density at radius 3 is 2.43 bits per heavy atom. The van der Waals surface area contributed by atoms with Gasteiger partial charge in [0.25, 0.3) is 5.91 Å². The minimum atomic E-state index is -0.575. The number of imidazole rings is 1. The van der Waals surface area contributed by atoms with E-state index >= 15 is 0 Å². The number of rotatable bonds is 5. The van der Waals surface area contributed by atoms with Crippen molar-refractivity contribution in [2.45, 2.75) is 12.5 Å². The van der Waals surface area contributed by atoms with E-state index in [9.17, 15) is 9.59 Å². The maximum absolute atomic E-state index is 12.8. The molecule has 8 heteroatoms. The van der Waals surface area contributed by atoms with Crippen LogP contribution in [0.1, 0.15) is 16.8 Å². The first-order chi connectivity index (χ1) is 13.7. The molecule has 0 bridgehead atoms.